The lowest BCUT2D eigenvalue weighted by molar-refractivity contribution is -0.120. The van der Waals surface area contributed by atoms with Crippen molar-refractivity contribution in [3.05, 3.63) is 57.9 Å². The number of carbonyl (C=O) groups excluding carboxylic acids is 2. The molecular formula is C18H14ClN3O4S. The van der Waals surface area contributed by atoms with E-state index in [2.05, 4.69) is 15.8 Å². The van der Waals surface area contributed by atoms with E-state index in [0.717, 1.165) is 16.2 Å². The quantitative estimate of drug-likeness (QED) is 0.387. The Morgan fingerprint density at radius 2 is 1.96 bits per heavy atom. The van der Waals surface area contributed by atoms with Crippen molar-refractivity contribution in [1.82, 2.24) is 10.7 Å². The SMILES string of the molecule is O=C(CNC(=O)c1sc2ccccc2c1Cl)N/N=C/c1ccc(O)cc1O. The van der Waals surface area contributed by atoms with Crippen LogP contribution in [0.4, 0.5) is 0 Å². The Morgan fingerprint density at radius 1 is 1.19 bits per heavy atom. The molecule has 0 atom stereocenters. The zero-order chi connectivity index (χ0) is 19.4. The van der Waals surface area contributed by atoms with Crippen molar-refractivity contribution in [2.45, 2.75) is 0 Å². The number of hydrogen-bond acceptors (Lipinski definition) is 6. The fraction of sp³-hybridized carbons (Fsp3) is 0.0556. The number of aromatic hydroxyl groups is 2. The number of phenolic OH excluding ortho intramolecular Hbond substituents is 2. The van der Waals surface area contributed by atoms with Gasteiger partial charge in [-0.1, -0.05) is 29.8 Å². The van der Waals surface area contributed by atoms with Gasteiger partial charge in [0, 0.05) is 21.7 Å². The van der Waals surface area contributed by atoms with Crippen LogP contribution in [0.3, 0.4) is 0 Å². The second-order valence-corrected chi connectivity index (χ2v) is 6.89. The number of hydrazone groups is 1. The number of phenols is 2. The zero-order valence-corrected chi connectivity index (χ0v) is 15.3. The van der Waals surface area contributed by atoms with Gasteiger partial charge in [-0.3, -0.25) is 9.59 Å². The van der Waals surface area contributed by atoms with Crippen molar-refractivity contribution in [1.29, 1.82) is 0 Å². The zero-order valence-electron chi connectivity index (χ0n) is 13.8. The molecule has 4 N–H and O–H groups in total. The summed E-state index contributed by atoms with van der Waals surface area (Å²) in [5, 5.41) is 26.1. The number of nitrogens with zero attached hydrogens (tertiary/aromatic N) is 1. The molecule has 1 heterocycles. The predicted octanol–water partition coefficient (Wildman–Crippen LogP) is 2.85. The smallest absolute Gasteiger partial charge is 0.263 e. The van der Waals surface area contributed by atoms with Gasteiger partial charge in [0.15, 0.2) is 0 Å². The van der Waals surface area contributed by atoms with Crippen LogP contribution in [0, 0.1) is 0 Å². The lowest BCUT2D eigenvalue weighted by atomic mass is 10.2. The molecule has 0 saturated carbocycles. The molecule has 3 aromatic rings. The number of carbonyl (C=O) groups is 2. The van der Waals surface area contributed by atoms with Crippen molar-refractivity contribution >= 4 is 51.1 Å². The fourth-order valence-corrected chi connectivity index (χ4v) is 3.69. The van der Waals surface area contributed by atoms with Crippen LogP contribution in [0.1, 0.15) is 15.2 Å². The van der Waals surface area contributed by atoms with Crippen LogP contribution in [0.5, 0.6) is 11.5 Å². The van der Waals surface area contributed by atoms with E-state index in [9.17, 15) is 19.8 Å². The average molecular weight is 404 g/mol. The van der Waals surface area contributed by atoms with Crippen LogP contribution in [-0.2, 0) is 4.79 Å². The number of halogens is 1. The number of nitrogens with one attached hydrogen (secondary N) is 2. The van der Waals surface area contributed by atoms with E-state index in [1.807, 2.05) is 24.3 Å². The first-order valence-corrected chi connectivity index (χ1v) is 8.94. The summed E-state index contributed by atoms with van der Waals surface area (Å²) in [4.78, 5) is 24.4. The van der Waals surface area contributed by atoms with Crippen LogP contribution in [-0.4, -0.2) is 34.8 Å². The highest BCUT2D eigenvalue weighted by Crippen LogP contribution is 2.34. The van der Waals surface area contributed by atoms with E-state index in [0.29, 0.717) is 15.5 Å². The molecule has 7 nitrogen and oxygen atoms in total. The molecule has 0 aliphatic rings. The number of fused-ring (bicyclic) bond motifs is 1. The van der Waals surface area contributed by atoms with Crippen LogP contribution >= 0.6 is 22.9 Å². The maximum Gasteiger partial charge on any atom is 0.263 e. The van der Waals surface area contributed by atoms with Gasteiger partial charge in [0.05, 0.1) is 17.8 Å². The van der Waals surface area contributed by atoms with Gasteiger partial charge in [-0.05, 0) is 18.2 Å². The number of benzene rings is 2. The molecule has 0 bridgehead atoms. The van der Waals surface area contributed by atoms with E-state index in [1.165, 1.54) is 29.7 Å². The average Bonchev–Trinajstić information content (AvgIpc) is 2.99. The minimum atomic E-state index is -0.546. The molecule has 0 unspecified atom stereocenters. The number of hydrogen-bond donors (Lipinski definition) is 4. The summed E-state index contributed by atoms with van der Waals surface area (Å²) in [6, 6.07) is 11.3. The van der Waals surface area contributed by atoms with Gasteiger partial charge in [-0.15, -0.1) is 11.3 Å². The molecule has 2 aromatic carbocycles. The summed E-state index contributed by atoms with van der Waals surface area (Å²) < 4.78 is 0.885. The summed E-state index contributed by atoms with van der Waals surface area (Å²) in [6.07, 6.45) is 1.22. The summed E-state index contributed by atoms with van der Waals surface area (Å²) >= 11 is 7.48. The molecule has 3 rings (SSSR count). The maximum atomic E-state index is 12.3. The van der Waals surface area contributed by atoms with E-state index in [-0.39, 0.29) is 18.0 Å². The molecule has 0 fully saturated rings. The van der Waals surface area contributed by atoms with Crippen molar-refractivity contribution in [3.8, 4) is 11.5 Å². The van der Waals surface area contributed by atoms with E-state index >= 15 is 0 Å². The highest BCUT2D eigenvalue weighted by atomic mass is 35.5. The summed E-state index contributed by atoms with van der Waals surface area (Å²) in [7, 11) is 0. The van der Waals surface area contributed by atoms with Crippen molar-refractivity contribution in [2.75, 3.05) is 6.54 Å². The van der Waals surface area contributed by atoms with Gasteiger partial charge in [0.2, 0.25) is 0 Å². The minimum Gasteiger partial charge on any atom is -0.508 e. The van der Waals surface area contributed by atoms with Gasteiger partial charge in [-0.2, -0.15) is 5.10 Å². The topological polar surface area (TPSA) is 111 Å². The number of amides is 2. The second kappa shape index (κ2) is 8.07. The maximum absolute atomic E-state index is 12.3. The van der Waals surface area contributed by atoms with Gasteiger partial charge >= 0.3 is 0 Å². The monoisotopic (exact) mass is 403 g/mol. The highest BCUT2D eigenvalue weighted by molar-refractivity contribution is 7.21. The Bertz CT molecular complexity index is 1050. The van der Waals surface area contributed by atoms with Gasteiger partial charge in [-0.25, -0.2) is 5.43 Å². The van der Waals surface area contributed by atoms with Crippen molar-refractivity contribution < 1.29 is 19.8 Å². The summed E-state index contributed by atoms with van der Waals surface area (Å²) in [5.74, 6) is -1.26. The van der Waals surface area contributed by atoms with E-state index < -0.39 is 11.8 Å². The van der Waals surface area contributed by atoms with E-state index in [4.69, 9.17) is 11.6 Å². The predicted molar refractivity (Wildman–Crippen MR) is 105 cm³/mol. The molecule has 1 aromatic heterocycles. The third kappa shape index (κ3) is 4.36. The third-order valence-corrected chi connectivity index (χ3v) is 5.23. The van der Waals surface area contributed by atoms with Gasteiger partial charge in [0.25, 0.3) is 11.8 Å². The molecular weight excluding hydrogens is 390 g/mol. The van der Waals surface area contributed by atoms with E-state index in [1.54, 1.807) is 0 Å². The molecule has 0 aliphatic heterocycles. The molecule has 9 heteroatoms. The molecule has 0 radical (unpaired) electrons. The lowest BCUT2D eigenvalue weighted by Crippen LogP contribution is -2.34. The number of rotatable bonds is 5. The molecule has 138 valence electrons. The normalized spacial score (nSPS) is 11.0. The molecule has 0 aliphatic carbocycles. The first-order chi connectivity index (χ1) is 13.0. The molecule has 0 saturated heterocycles. The Balaban J connectivity index is 1.56. The highest BCUT2D eigenvalue weighted by Gasteiger charge is 2.17. The van der Waals surface area contributed by atoms with Crippen LogP contribution in [0.15, 0.2) is 47.6 Å². The summed E-state index contributed by atoms with van der Waals surface area (Å²) in [5.41, 5.74) is 2.55. The first-order valence-electron chi connectivity index (χ1n) is 7.75. The van der Waals surface area contributed by atoms with Crippen molar-refractivity contribution in [2.24, 2.45) is 5.10 Å². The first kappa shape index (κ1) is 18.7. The Hall–Kier alpha value is -3.10. The Morgan fingerprint density at radius 3 is 2.70 bits per heavy atom. The van der Waals surface area contributed by atoms with Gasteiger partial charge in [0.1, 0.15) is 16.4 Å². The molecule has 27 heavy (non-hydrogen) atoms. The molecule has 0 spiro atoms. The minimum absolute atomic E-state index is 0.0868. The Labute approximate surface area is 162 Å². The van der Waals surface area contributed by atoms with Gasteiger partial charge < -0.3 is 15.5 Å². The fourth-order valence-electron chi connectivity index (χ4n) is 2.26. The van der Waals surface area contributed by atoms with Crippen LogP contribution in [0.25, 0.3) is 10.1 Å². The lowest BCUT2D eigenvalue weighted by Gasteiger charge is -2.03. The van der Waals surface area contributed by atoms with Crippen LogP contribution in [0.2, 0.25) is 5.02 Å². The molecule has 2 amide bonds. The van der Waals surface area contributed by atoms with Crippen molar-refractivity contribution in [3.63, 3.8) is 0 Å². The second-order valence-electron chi connectivity index (χ2n) is 5.46. The summed E-state index contributed by atoms with van der Waals surface area (Å²) in [6.45, 7) is -0.289. The number of thiophene rings is 1. The van der Waals surface area contributed by atoms with Crippen LogP contribution < -0.4 is 10.7 Å². The largest absolute Gasteiger partial charge is 0.508 e. The Kier molecular flexibility index (Phi) is 5.58. The third-order valence-electron chi connectivity index (χ3n) is 3.56. The standard InChI is InChI=1S/C18H14ClN3O4S/c19-16-12-3-1-2-4-14(12)27-17(16)18(26)20-9-15(25)22-21-8-10-5-6-11(23)7-13(10)24/h1-8,23-24H,9H2,(H,20,26)(H,22,25)/b21-8+.